The molecule has 0 radical (unpaired) electrons. The molecular weight excluding hydrogens is 375 g/mol. The molecule has 0 bridgehead atoms. The highest BCUT2D eigenvalue weighted by Crippen LogP contribution is 2.36. The molecule has 2 rings (SSSR count). The smallest absolute Gasteiger partial charge is 0.241 e. The summed E-state index contributed by atoms with van der Waals surface area (Å²) >= 11 is 0. The van der Waals surface area contributed by atoms with Crippen LogP contribution >= 0.6 is 8.07 Å². The standard InChI is InChI=1S/C20H25N4O3P/c1-4-5-20(27)24(21)17-8-12-19(13-9-17)28(23(3)15-26)18-10-6-16(7-11-18)22(2)14-25/h6-15H,4-5,21H2,1-3H3. The largest absolute Gasteiger partial charge is 0.319 e. The fourth-order valence-corrected chi connectivity index (χ4v) is 4.67. The van der Waals surface area contributed by atoms with Gasteiger partial charge in [-0.25, -0.2) is 10.9 Å². The van der Waals surface area contributed by atoms with Crippen molar-refractivity contribution in [1.29, 1.82) is 0 Å². The Kier molecular flexibility index (Phi) is 7.67. The molecule has 1 unspecified atom stereocenters. The van der Waals surface area contributed by atoms with Gasteiger partial charge in [0.1, 0.15) is 0 Å². The van der Waals surface area contributed by atoms with Crippen molar-refractivity contribution < 1.29 is 14.4 Å². The van der Waals surface area contributed by atoms with E-state index in [1.165, 1.54) is 4.90 Å². The molecule has 0 saturated carbocycles. The maximum absolute atomic E-state index is 12.0. The highest BCUT2D eigenvalue weighted by atomic mass is 31.1. The van der Waals surface area contributed by atoms with Crippen molar-refractivity contribution in [3.63, 3.8) is 0 Å². The van der Waals surface area contributed by atoms with Crippen LogP contribution in [-0.2, 0) is 14.4 Å². The van der Waals surface area contributed by atoms with Crippen molar-refractivity contribution in [3.8, 4) is 0 Å². The molecule has 7 nitrogen and oxygen atoms in total. The molecule has 3 amide bonds. The SMILES string of the molecule is CCCC(=O)N(N)c1ccc(P(c2ccc(N(C)C=O)cc2)N(C)C=O)cc1. The number of nitrogens with zero attached hydrogens (tertiary/aromatic N) is 3. The van der Waals surface area contributed by atoms with Crippen LogP contribution in [0.3, 0.4) is 0 Å². The van der Waals surface area contributed by atoms with Gasteiger partial charge in [0.15, 0.2) is 0 Å². The number of hydrazine groups is 1. The number of benzene rings is 2. The molecule has 2 aromatic carbocycles. The molecule has 0 aliphatic rings. The Morgan fingerprint density at radius 2 is 1.43 bits per heavy atom. The second-order valence-corrected chi connectivity index (χ2v) is 8.54. The summed E-state index contributed by atoms with van der Waals surface area (Å²) in [6.45, 7) is 1.93. The zero-order chi connectivity index (χ0) is 20.7. The molecule has 2 N–H and O–H groups in total. The maximum Gasteiger partial charge on any atom is 0.241 e. The van der Waals surface area contributed by atoms with Crippen LogP contribution < -0.4 is 26.4 Å². The molecule has 0 aliphatic heterocycles. The van der Waals surface area contributed by atoms with Crippen molar-refractivity contribution in [2.75, 3.05) is 24.0 Å². The molecule has 0 saturated heterocycles. The van der Waals surface area contributed by atoms with Gasteiger partial charge in [0.05, 0.1) is 13.8 Å². The number of nitrogens with two attached hydrogens (primary N) is 1. The maximum atomic E-state index is 12.0. The highest BCUT2D eigenvalue weighted by molar-refractivity contribution is 7.71. The van der Waals surface area contributed by atoms with Crippen molar-refractivity contribution >= 4 is 48.8 Å². The molecule has 0 heterocycles. The van der Waals surface area contributed by atoms with E-state index in [-0.39, 0.29) is 5.91 Å². The van der Waals surface area contributed by atoms with Crippen molar-refractivity contribution in [1.82, 2.24) is 4.67 Å². The van der Waals surface area contributed by atoms with Gasteiger partial charge in [-0.3, -0.25) is 14.4 Å². The number of rotatable bonds is 9. The van der Waals surface area contributed by atoms with Crippen LogP contribution in [0.2, 0.25) is 0 Å². The number of carbonyl (C=O) groups excluding carboxylic acids is 3. The minimum atomic E-state index is -1.09. The van der Waals surface area contributed by atoms with Gasteiger partial charge in [0, 0.05) is 36.8 Å². The Labute approximate surface area is 166 Å². The summed E-state index contributed by atoms with van der Waals surface area (Å²) in [7, 11) is 2.33. The third-order valence-corrected chi connectivity index (χ3v) is 6.53. The highest BCUT2D eigenvalue weighted by Gasteiger charge is 2.20. The second-order valence-electron chi connectivity index (χ2n) is 6.25. The molecule has 148 valence electrons. The van der Waals surface area contributed by atoms with Crippen molar-refractivity contribution in [3.05, 3.63) is 48.5 Å². The van der Waals surface area contributed by atoms with E-state index in [0.717, 1.165) is 40.5 Å². The summed E-state index contributed by atoms with van der Waals surface area (Å²) in [6, 6.07) is 14.8. The van der Waals surface area contributed by atoms with Crippen LogP contribution in [0.15, 0.2) is 48.5 Å². The van der Waals surface area contributed by atoms with E-state index in [9.17, 15) is 14.4 Å². The number of hydrogen-bond donors (Lipinski definition) is 1. The lowest BCUT2D eigenvalue weighted by molar-refractivity contribution is -0.118. The zero-order valence-electron chi connectivity index (χ0n) is 16.3. The van der Waals surface area contributed by atoms with Crippen LogP contribution in [0.25, 0.3) is 0 Å². The average Bonchev–Trinajstić information content (AvgIpc) is 2.73. The molecule has 0 aliphatic carbocycles. The molecule has 0 fully saturated rings. The zero-order valence-corrected chi connectivity index (χ0v) is 17.2. The first-order valence-corrected chi connectivity index (χ1v) is 10.2. The van der Waals surface area contributed by atoms with E-state index in [1.807, 2.05) is 43.3 Å². The first-order chi connectivity index (χ1) is 13.4. The number of anilines is 2. The van der Waals surface area contributed by atoms with Crippen LogP contribution in [0, 0.1) is 0 Å². The van der Waals surface area contributed by atoms with Gasteiger partial charge in [-0.1, -0.05) is 31.2 Å². The van der Waals surface area contributed by atoms with Gasteiger partial charge in [-0.2, -0.15) is 0 Å². The summed E-state index contributed by atoms with van der Waals surface area (Å²) in [5.74, 6) is 5.75. The lowest BCUT2D eigenvalue weighted by atomic mass is 10.2. The van der Waals surface area contributed by atoms with Crippen LogP contribution in [0.4, 0.5) is 11.4 Å². The van der Waals surface area contributed by atoms with E-state index in [1.54, 1.807) is 30.9 Å². The van der Waals surface area contributed by atoms with E-state index >= 15 is 0 Å². The first kappa shape index (κ1) is 21.5. The number of carbonyl (C=O) groups is 3. The molecule has 0 spiro atoms. The quantitative estimate of drug-likeness (QED) is 0.228. The Balaban J connectivity index is 2.32. The summed E-state index contributed by atoms with van der Waals surface area (Å²) < 4.78 is 1.63. The summed E-state index contributed by atoms with van der Waals surface area (Å²) in [6.07, 6.45) is 2.66. The van der Waals surface area contributed by atoms with E-state index in [4.69, 9.17) is 5.84 Å². The first-order valence-electron chi connectivity index (χ1n) is 8.87. The van der Waals surface area contributed by atoms with Crippen LogP contribution in [0.5, 0.6) is 0 Å². The molecular formula is C20H25N4O3P. The minimum Gasteiger partial charge on any atom is -0.319 e. The minimum absolute atomic E-state index is 0.141. The molecule has 0 aromatic heterocycles. The predicted octanol–water partition coefficient (Wildman–Crippen LogP) is 1.72. The van der Waals surface area contributed by atoms with Gasteiger partial charge >= 0.3 is 0 Å². The lowest BCUT2D eigenvalue weighted by Crippen LogP contribution is -2.37. The van der Waals surface area contributed by atoms with Crippen molar-refractivity contribution in [2.45, 2.75) is 19.8 Å². The normalized spacial score (nSPS) is 11.4. The molecule has 28 heavy (non-hydrogen) atoms. The fraction of sp³-hybridized carbons (Fsp3) is 0.250. The summed E-state index contributed by atoms with van der Waals surface area (Å²) in [4.78, 5) is 35.8. The Morgan fingerprint density at radius 3 is 1.86 bits per heavy atom. The van der Waals surface area contributed by atoms with Crippen LogP contribution in [-0.4, -0.2) is 37.5 Å². The fourth-order valence-electron chi connectivity index (χ4n) is 2.68. The molecule has 1 atom stereocenters. The summed E-state index contributed by atoms with van der Waals surface area (Å²) in [5.41, 5.74) is 1.37. The second kappa shape index (κ2) is 9.97. The molecule has 8 heteroatoms. The lowest BCUT2D eigenvalue weighted by Gasteiger charge is -2.26. The van der Waals surface area contributed by atoms with E-state index < -0.39 is 8.07 Å². The van der Waals surface area contributed by atoms with Gasteiger partial charge in [0.25, 0.3) is 0 Å². The van der Waals surface area contributed by atoms with Gasteiger partial charge in [0.2, 0.25) is 18.7 Å². The predicted molar refractivity (Wildman–Crippen MR) is 114 cm³/mol. The molecule has 2 aromatic rings. The van der Waals surface area contributed by atoms with Crippen LogP contribution in [0.1, 0.15) is 19.8 Å². The number of amides is 3. The monoisotopic (exact) mass is 400 g/mol. The average molecular weight is 400 g/mol. The topological polar surface area (TPSA) is 86.9 Å². The Morgan fingerprint density at radius 1 is 0.929 bits per heavy atom. The Bertz CT molecular complexity index is 811. The summed E-state index contributed by atoms with van der Waals surface area (Å²) in [5, 5.41) is 3.07. The van der Waals surface area contributed by atoms with Gasteiger partial charge in [-0.15, -0.1) is 0 Å². The third kappa shape index (κ3) is 4.94. The van der Waals surface area contributed by atoms with Gasteiger partial charge in [-0.05, 0) is 30.7 Å². The Hall–Kier alpha value is -2.76. The van der Waals surface area contributed by atoms with Crippen molar-refractivity contribution in [2.24, 2.45) is 5.84 Å². The number of hydrogen-bond acceptors (Lipinski definition) is 4. The van der Waals surface area contributed by atoms with Gasteiger partial charge < -0.3 is 9.57 Å². The van der Waals surface area contributed by atoms with E-state index in [0.29, 0.717) is 12.1 Å². The van der Waals surface area contributed by atoms with E-state index in [2.05, 4.69) is 0 Å². The third-order valence-electron chi connectivity index (χ3n) is 4.23.